The van der Waals surface area contributed by atoms with Gasteiger partial charge in [0, 0.05) is 19.4 Å². The van der Waals surface area contributed by atoms with Gasteiger partial charge in [0.15, 0.2) is 6.10 Å². The van der Waals surface area contributed by atoms with Crippen LogP contribution in [-0.2, 0) is 32.7 Å². The van der Waals surface area contributed by atoms with Crippen molar-refractivity contribution in [2.24, 2.45) is 5.73 Å². The first-order valence-electron chi connectivity index (χ1n) is 20.7. The fourth-order valence-electron chi connectivity index (χ4n) is 5.81. The van der Waals surface area contributed by atoms with E-state index < -0.39 is 26.5 Å². The monoisotopic (exact) mass is 732 g/mol. The molecule has 0 spiro atoms. The minimum Gasteiger partial charge on any atom is -0.462 e. The predicted octanol–water partition coefficient (Wildman–Crippen LogP) is 11.4. The maximum absolute atomic E-state index is 12.5. The summed E-state index contributed by atoms with van der Waals surface area (Å²) >= 11 is 0. The van der Waals surface area contributed by atoms with E-state index in [9.17, 15) is 19.0 Å². The predicted molar refractivity (Wildman–Crippen MR) is 206 cm³/mol. The van der Waals surface area contributed by atoms with Gasteiger partial charge in [0.1, 0.15) is 6.61 Å². The Morgan fingerprint density at radius 3 is 1.42 bits per heavy atom. The van der Waals surface area contributed by atoms with Crippen molar-refractivity contribution < 1.29 is 37.6 Å². The number of phosphoric ester groups is 1. The van der Waals surface area contributed by atoms with Crippen LogP contribution in [0.2, 0.25) is 0 Å². The lowest BCUT2D eigenvalue weighted by Crippen LogP contribution is -2.29. The summed E-state index contributed by atoms with van der Waals surface area (Å²) in [5.41, 5.74) is 5.34. The van der Waals surface area contributed by atoms with Crippen LogP contribution >= 0.6 is 7.82 Å². The molecule has 10 heteroatoms. The third-order valence-corrected chi connectivity index (χ3v) is 9.89. The van der Waals surface area contributed by atoms with Gasteiger partial charge in [0.25, 0.3) is 0 Å². The molecule has 0 rings (SSSR count). The summed E-state index contributed by atoms with van der Waals surface area (Å²) in [6.45, 7) is 3.73. The van der Waals surface area contributed by atoms with Gasteiger partial charge in [-0.25, -0.2) is 4.57 Å². The van der Waals surface area contributed by atoms with E-state index in [0.29, 0.717) is 6.42 Å². The number of phosphoric acid groups is 1. The summed E-state index contributed by atoms with van der Waals surface area (Å²) in [6, 6.07) is 0. The molecule has 296 valence electrons. The number of unbranched alkanes of at least 4 members (excludes halogenated alkanes) is 24. The lowest BCUT2D eigenvalue weighted by Gasteiger charge is -2.19. The molecule has 0 fully saturated rings. The third kappa shape index (κ3) is 36.5. The summed E-state index contributed by atoms with van der Waals surface area (Å²) in [4.78, 5) is 34.8. The van der Waals surface area contributed by atoms with Crippen LogP contribution in [0.5, 0.6) is 0 Å². The first kappa shape index (κ1) is 48.8. The van der Waals surface area contributed by atoms with Crippen molar-refractivity contribution in [1.82, 2.24) is 0 Å². The topological polar surface area (TPSA) is 134 Å². The van der Waals surface area contributed by atoms with Crippen LogP contribution in [0, 0.1) is 0 Å². The SMILES string of the molecule is CCCCCCCC/C=C/CCCCCCCC(=O)O[C@H](COC(=O)CCCCCCCCCCCCCCCC)COP(=O)(O)OCCN. The molecular formula is C40H78NO8P. The molecule has 50 heavy (non-hydrogen) atoms. The lowest BCUT2D eigenvalue weighted by molar-refractivity contribution is -0.161. The van der Waals surface area contributed by atoms with Crippen molar-refractivity contribution in [1.29, 1.82) is 0 Å². The fourth-order valence-corrected chi connectivity index (χ4v) is 6.57. The number of allylic oxidation sites excluding steroid dienone is 2. The van der Waals surface area contributed by atoms with Crippen molar-refractivity contribution >= 4 is 19.8 Å². The minimum atomic E-state index is -4.37. The Balaban J connectivity index is 4.17. The van der Waals surface area contributed by atoms with Gasteiger partial charge < -0.3 is 20.1 Å². The molecule has 9 nitrogen and oxygen atoms in total. The standard InChI is InChI=1S/C40H78NO8P/c1-3-5-7-9-11-13-15-17-19-21-23-25-27-29-31-33-40(43)49-38(37-48-50(44,45)47-35-34-41)36-46-39(42)32-30-28-26-24-22-20-18-16-14-12-10-8-6-4-2/h17,19,38H,3-16,18,20-37,41H2,1-2H3,(H,44,45)/b19-17+/t38-/m1/s1. The molecule has 3 N–H and O–H groups in total. The number of hydrogen-bond donors (Lipinski definition) is 2. The van der Waals surface area contributed by atoms with Gasteiger partial charge in [-0.1, -0.05) is 161 Å². The van der Waals surface area contributed by atoms with Crippen LogP contribution in [0.15, 0.2) is 12.2 Å². The zero-order chi connectivity index (χ0) is 36.8. The zero-order valence-corrected chi connectivity index (χ0v) is 33.3. The quantitative estimate of drug-likeness (QED) is 0.0274. The molecule has 0 aliphatic rings. The number of carbonyl (C=O) groups excluding carboxylic acids is 2. The number of ether oxygens (including phenoxy) is 2. The molecular weight excluding hydrogens is 653 g/mol. The highest BCUT2D eigenvalue weighted by molar-refractivity contribution is 7.47. The van der Waals surface area contributed by atoms with Crippen LogP contribution < -0.4 is 5.73 Å². The Morgan fingerprint density at radius 2 is 0.980 bits per heavy atom. The Morgan fingerprint density at radius 1 is 0.580 bits per heavy atom. The van der Waals surface area contributed by atoms with E-state index >= 15 is 0 Å². The van der Waals surface area contributed by atoms with Gasteiger partial charge in [0.2, 0.25) is 0 Å². The van der Waals surface area contributed by atoms with Crippen molar-refractivity contribution in [3.8, 4) is 0 Å². The van der Waals surface area contributed by atoms with E-state index in [1.54, 1.807) is 0 Å². The summed E-state index contributed by atoms with van der Waals surface area (Å²) in [6.07, 6.45) is 36.6. The highest BCUT2D eigenvalue weighted by atomic mass is 31.2. The van der Waals surface area contributed by atoms with Crippen molar-refractivity contribution in [2.75, 3.05) is 26.4 Å². The molecule has 0 aromatic carbocycles. The minimum absolute atomic E-state index is 0.0547. The number of carbonyl (C=O) groups is 2. The van der Waals surface area contributed by atoms with Gasteiger partial charge >= 0.3 is 19.8 Å². The van der Waals surface area contributed by atoms with Gasteiger partial charge in [-0.05, 0) is 38.5 Å². The zero-order valence-electron chi connectivity index (χ0n) is 32.4. The summed E-state index contributed by atoms with van der Waals surface area (Å²) in [5.74, 6) is -0.830. The van der Waals surface area contributed by atoms with Crippen LogP contribution in [0.25, 0.3) is 0 Å². The molecule has 0 saturated heterocycles. The Bertz CT molecular complexity index is 840. The highest BCUT2D eigenvalue weighted by Gasteiger charge is 2.26. The molecule has 0 aromatic heterocycles. The molecule has 0 heterocycles. The summed E-state index contributed by atoms with van der Waals surface area (Å²) < 4.78 is 32.7. The Labute approximate surface area is 307 Å². The van der Waals surface area contributed by atoms with Crippen molar-refractivity contribution in [3.63, 3.8) is 0 Å². The maximum Gasteiger partial charge on any atom is 0.472 e. The average Bonchev–Trinajstić information content (AvgIpc) is 3.10. The Hall–Kier alpha value is -1.25. The maximum atomic E-state index is 12.5. The van der Waals surface area contributed by atoms with E-state index in [-0.39, 0.29) is 38.6 Å². The van der Waals surface area contributed by atoms with Crippen LogP contribution in [-0.4, -0.2) is 49.3 Å². The van der Waals surface area contributed by atoms with E-state index in [4.69, 9.17) is 24.3 Å². The van der Waals surface area contributed by atoms with Crippen LogP contribution in [0.4, 0.5) is 0 Å². The van der Waals surface area contributed by atoms with Gasteiger partial charge in [0.05, 0.1) is 13.2 Å². The molecule has 0 bridgehead atoms. The summed E-state index contributed by atoms with van der Waals surface area (Å²) in [7, 11) is -4.37. The summed E-state index contributed by atoms with van der Waals surface area (Å²) in [5, 5.41) is 0. The first-order valence-corrected chi connectivity index (χ1v) is 22.2. The lowest BCUT2D eigenvalue weighted by atomic mass is 10.0. The molecule has 0 saturated carbocycles. The molecule has 0 aliphatic carbocycles. The van der Waals surface area contributed by atoms with Gasteiger partial charge in [-0.2, -0.15) is 0 Å². The van der Waals surface area contributed by atoms with E-state index in [1.165, 1.54) is 116 Å². The molecule has 2 atom stereocenters. The third-order valence-electron chi connectivity index (χ3n) is 8.90. The fraction of sp³-hybridized carbons (Fsp3) is 0.900. The van der Waals surface area contributed by atoms with Crippen molar-refractivity contribution in [2.45, 2.75) is 206 Å². The van der Waals surface area contributed by atoms with Crippen molar-refractivity contribution in [3.05, 3.63) is 12.2 Å². The number of nitrogens with two attached hydrogens (primary N) is 1. The van der Waals surface area contributed by atoms with E-state index in [1.807, 2.05) is 0 Å². The first-order chi connectivity index (χ1) is 24.3. The Kier molecular flexibility index (Phi) is 36.6. The smallest absolute Gasteiger partial charge is 0.462 e. The second-order valence-corrected chi connectivity index (χ2v) is 15.3. The van der Waals surface area contributed by atoms with E-state index in [0.717, 1.165) is 51.4 Å². The highest BCUT2D eigenvalue weighted by Crippen LogP contribution is 2.43. The molecule has 0 amide bonds. The number of esters is 2. The number of hydrogen-bond acceptors (Lipinski definition) is 8. The van der Waals surface area contributed by atoms with Crippen LogP contribution in [0.3, 0.4) is 0 Å². The second kappa shape index (κ2) is 37.5. The van der Waals surface area contributed by atoms with Crippen LogP contribution in [0.1, 0.15) is 200 Å². The average molecular weight is 732 g/mol. The van der Waals surface area contributed by atoms with Gasteiger partial charge in [-0.3, -0.25) is 18.6 Å². The van der Waals surface area contributed by atoms with Gasteiger partial charge in [-0.15, -0.1) is 0 Å². The second-order valence-electron chi connectivity index (χ2n) is 13.9. The molecule has 0 aromatic rings. The largest absolute Gasteiger partial charge is 0.472 e. The van der Waals surface area contributed by atoms with E-state index in [2.05, 4.69) is 26.0 Å². The molecule has 0 aliphatic heterocycles. The normalized spacial score (nSPS) is 13.4. The number of rotatable bonds is 39. The molecule has 0 radical (unpaired) electrons. The molecule has 1 unspecified atom stereocenters.